The molecule has 0 spiro atoms. The zero-order valence-electron chi connectivity index (χ0n) is 12.0. The zero-order chi connectivity index (χ0) is 12.3. The van der Waals surface area contributed by atoms with Crippen molar-refractivity contribution < 1.29 is 0 Å². The maximum absolute atomic E-state index is 3.72. The van der Waals surface area contributed by atoms with Gasteiger partial charge in [0.1, 0.15) is 0 Å². The van der Waals surface area contributed by atoms with E-state index in [1.165, 1.54) is 58.2 Å². The maximum atomic E-state index is 3.72. The van der Waals surface area contributed by atoms with Crippen molar-refractivity contribution >= 4 is 0 Å². The van der Waals surface area contributed by atoms with Gasteiger partial charge in [0.05, 0.1) is 0 Å². The Morgan fingerprint density at radius 1 is 1.24 bits per heavy atom. The Balaban J connectivity index is 1.94. The van der Waals surface area contributed by atoms with E-state index in [0.717, 1.165) is 12.0 Å². The number of hydrogen-bond donors (Lipinski definition) is 1. The molecule has 2 fully saturated rings. The molecular formula is C15H30N2. The SMILES string of the molecule is CC(C)CN(CC1(C)CCCN1)C1CCCC1. The van der Waals surface area contributed by atoms with Crippen LogP contribution >= 0.6 is 0 Å². The molecule has 1 N–H and O–H groups in total. The van der Waals surface area contributed by atoms with Gasteiger partial charge in [-0.25, -0.2) is 0 Å². The van der Waals surface area contributed by atoms with Crippen LogP contribution in [-0.4, -0.2) is 36.1 Å². The number of hydrogen-bond acceptors (Lipinski definition) is 2. The Hall–Kier alpha value is -0.0800. The molecule has 2 nitrogen and oxygen atoms in total. The van der Waals surface area contributed by atoms with Crippen LogP contribution in [0.5, 0.6) is 0 Å². The van der Waals surface area contributed by atoms with Crippen molar-refractivity contribution in [2.75, 3.05) is 19.6 Å². The number of nitrogens with zero attached hydrogens (tertiary/aromatic N) is 1. The predicted octanol–water partition coefficient (Wildman–Crippen LogP) is 3.03. The van der Waals surface area contributed by atoms with E-state index in [1.54, 1.807) is 0 Å². The molecule has 1 atom stereocenters. The minimum Gasteiger partial charge on any atom is -0.310 e. The molecular weight excluding hydrogens is 208 g/mol. The minimum absolute atomic E-state index is 0.386. The second-order valence-corrected chi connectivity index (χ2v) is 6.85. The third-order valence-electron chi connectivity index (χ3n) is 4.45. The summed E-state index contributed by atoms with van der Waals surface area (Å²) in [5.74, 6) is 0.792. The number of nitrogens with one attached hydrogen (secondary N) is 1. The van der Waals surface area contributed by atoms with Gasteiger partial charge in [0.25, 0.3) is 0 Å². The molecule has 1 unspecified atom stereocenters. The lowest BCUT2D eigenvalue weighted by molar-refractivity contribution is 0.134. The van der Waals surface area contributed by atoms with Gasteiger partial charge in [-0.1, -0.05) is 26.7 Å². The first-order chi connectivity index (χ1) is 8.09. The molecule has 1 aliphatic carbocycles. The van der Waals surface area contributed by atoms with Crippen LogP contribution < -0.4 is 5.32 Å². The van der Waals surface area contributed by atoms with Gasteiger partial charge in [0.15, 0.2) is 0 Å². The van der Waals surface area contributed by atoms with Crippen molar-refractivity contribution in [3.8, 4) is 0 Å². The summed E-state index contributed by atoms with van der Waals surface area (Å²) < 4.78 is 0. The highest BCUT2D eigenvalue weighted by Crippen LogP contribution is 2.28. The molecule has 2 aliphatic rings. The van der Waals surface area contributed by atoms with Crippen LogP contribution in [0.1, 0.15) is 59.3 Å². The van der Waals surface area contributed by atoms with Crippen LogP contribution in [0.15, 0.2) is 0 Å². The van der Waals surface area contributed by atoms with E-state index in [4.69, 9.17) is 0 Å². The molecule has 1 aliphatic heterocycles. The lowest BCUT2D eigenvalue weighted by atomic mass is 9.97. The lowest BCUT2D eigenvalue weighted by Gasteiger charge is -2.37. The fraction of sp³-hybridized carbons (Fsp3) is 1.00. The Kier molecular flexibility index (Phi) is 4.48. The summed E-state index contributed by atoms with van der Waals surface area (Å²) in [6.45, 7) is 10.9. The van der Waals surface area contributed by atoms with Crippen molar-refractivity contribution in [3.63, 3.8) is 0 Å². The van der Waals surface area contributed by atoms with E-state index >= 15 is 0 Å². The molecule has 17 heavy (non-hydrogen) atoms. The van der Waals surface area contributed by atoms with Crippen LogP contribution in [0, 0.1) is 5.92 Å². The third kappa shape index (κ3) is 3.69. The monoisotopic (exact) mass is 238 g/mol. The summed E-state index contributed by atoms with van der Waals surface area (Å²) in [5, 5.41) is 3.72. The molecule has 2 heteroatoms. The molecule has 0 aromatic heterocycles. The van der Waals surface area contributed by atoms with Gasteiger partial charge in [0.2, 0.25) is 0 Å². The van der Waals surface area contributed by atoms with Gasteiger partial charge in [-0.05, 0) is 45.1 Å². The fourth-order valence-electron chi connectivity index (χ4n) is 3.62. The molecule has 100 valence electrons. The summed E-state index contributed by atoms with van der Waals surface area (Å²) in [5.41, 5.74) is 0.386. The Bertz CT molecular complexity index is 225. The van der Waals surface area contributed by atoms with Crippen molar-refractivity contribution in [3.05, 3.63) is 0 Å². The molecule has 1 saturated heterocycles. The van der Waals surface area contributed by atoms with Crippen LogP contribution in [0.2, 0.25) is 0 Å². The second-order valence-electron chi connectivity index (χ2n) is 6.85. The van der Waals surface area contributed by atoms with E-state index in [1.807, 2.05) is 0 Å². The zero-order valence-corrected chi connectivity index (χ0v) is 12.0. The largest absolute Gasteiger partial charge is 0.310 e. The second kappa shape index (κ2) is 5.71. The highest BCUT2D eigenvalue weighted by molar-refractivity contribution is 4.93. The van der Waals surface area contributed by atoms with E-state index in [0.29, 0.717) is 5.54 Å². The van der Waals surface area contributed by atoms with Crippen molar-refractivity contribution in [2.45, 2.75) is 70.9 Å². The van der Waals surface area contributed by atoms with Crippen molar-refractivity contribution in [1.82, 2.24) is 10.2 Å². The normalized spacial score (nSPS) is 30.9. The van der Waals surface area contributed by atoms with E-state index in [-0.39, 0.29) is 0 Å². The predicted molar refractivity (Wildman–Crippen MR) is 74.3 cm³/mol. The molecule has 2 rings (SSSR count). The Morgan fingerprint density at radius 2 is 1.94 bits per heavy atom. The summed E-state index contributed by atoms with van der Waals surface area (Å²) in [6.07, 6.45) is 8.48. The van der Waals surface area contributed by atoms with Gasteiger partial charge < -0.3 is 5.32 Å². The van der Waals surface area contributed by atoms with Gasteiger partial charge in [-0.15, -0.1) is 0 Å². The van der Waals surface area contributed by atoms with Gasteiger partial charge >= 0.3 is 0 Å². The molecule has 0 bridgehead atoms. The standard InChI is InChI=1S/C15H30N2/c1-13(2)11-17(14-7-4-5-8-14)12-15(3)9-6-10-16-15/h13-14,16H,4-12H2,1-3H3. The fourth-order valence-corrected chi connectivity index (χ4v) is 3.62. The molecule has 0 aromatic rings. The average molecular weight is 238 g/mol. The third-order valence-corrected chi connectivity index (χ3v) is 4.45. The molecule has 0 aromatic carbocycles. The maximum Gasteiger partial charge on any atom is 0.0281 e. The van der Waals surface area contributed by atoms with Crippen LogP contribution in [0.4, 0.5) is 0 Å². The van der Waals surface area contributed by atoms with Gasteiger partial charge in [-0.3, -0.25) is 4.90 Å². The first-order valence-corrected chi connectivity index (χ1v) is 7.58. The minimum atomic E-state index is 0.386. The van der Waals surface area contributed by atoms with Crippen LogP contribution in [0.25, 0.3) is 0 Å². The van der Waals surface area contributed by atoms with Gasteiger partial charge in [0, 0.05) is 24.7 Å². The van der Waals surface area contributed by atoms with Crippen LogP contribution in [0.3, 0.4) is 0 Å². The summed E-state index contributed by atoms with van der Waals surface area (Å²) >= 11 is 0. The average Bonchev–Trinajstić information content (AvgIpc) is 2.87. The Labute approximate surface area is 107 Å². The topological polar surface area (TPSA) is 15.3 Å². The smallest absolute Gasteiger partial charge is 0.0281 e. The van der Waals surface area contributed by atoms with E-state index in [9.17, 15) is 0 Å². The highest BCUT2D eigenvalue weighted by Gasteiger charge is 2.33. The lowest BCUT2D eigenvalue weighted by Crippen LogP contribution is -2.51. The van der Waals surface area contributed by atoms with Crippen molar-refractivity contribution in [2.24, 2.45) is 5.92 Å². The quantitative estimate of drug-likeness (QED) is 0.792. The van der Waals surface area contributed by atoms with E-state index < -0.39 is 0 Å². The van der Waals surface area contributed by atoms with E-state index in [2.05, 4.69) is 31.0 Å². The molecule has 0 amide bonds. The molecule has 1 saturated carbocycles. The Morgan fingerprint density at radius 3 is 2.47 bits per heavy atom. The summed E-state index contributed by atoms with van der Waals surface area (Å²) in [6, 6.07) is 0.872. The summed E-state index contributed by atoms with van der Waals surface area (Å²) in [4.78, 5) is 2.79. The van der Waals surface area contributed by atoms with Crippen molar-refractivity contribution in [1.29, 1.82) is 0 Å². The first-order valence-electron chi connectivity index (χ1n) is 7.58. The first kappa shape index (κ1) is 13.4. The highest BCUT2D eigenvalue weighted by atomic mass is 15.2. The summed E-state index contributed by atoms with van der Waals surface area (Å²) in [7, 11) is 0. The molecule has 0 radical (unpaired) electrons. The number of rotatable bonds is 5. The molecule has 1 heterocycles. The van der Waals surface area contributed by atoms with Gasteiger partial charge in [-0.2, -0.15) is 0 Å². The van der Waals surface area contributed by atoms with Crippen LogP contribution in [-0.2, 0) is 0 Å².